The first-order valence-electron chi connectivity index (χ1n) is 4.29. The van der Waals surface area contributed by atoms with E-state index in [2.05, 4.69) is 50.8 Å². The van der Waals surface area contributed by atoms with Crippen molar-refractivity contribution in [2.24, 2.45) is 0 Å². The summed E-state index contributed by atoms with van der Waals surface area (Å²) in [5.41, 5.74) is 0.759. The molecule has 1 heterocycles. The summed E-state index contributed by atoms with van der Waals surface area (Å²) in [6.45, 7) is 2.76. The molecule has 1 unspecified atom stereocenters. The molecule has 1 amide bonds. The Morgan fingerprint density at radius 2 is 2.50 bits per heavy atom. The van der Waals surface area contributed by atoms with Crippen LogP contribution < -0.4 is 5.32 Å². The fraction of sp³-hybridized carbons (Fsp3) is 0.444. The van der Waals surface area contributed by atoms with E-state index in [0.29, 0.717) is 11.4 Å². The third-order valence-electron chi connectivity index (χ3n) is 1.76. The summed E-state index contributed by atoms with van der Waals surface area (Å²) in [7, 11) is 0. The number of hydrogen-bond acceptors (Lipinski definition) is 2. The van der Waals surface area contributed by atoms with Gasteiger partial charge in [-0.05, 0) is 35.1 Å². The first-order chi connectivity index (χ1) is 6.63. The zero-order chi connectivity index (χ0) is 10.6. The summed E-state index contributed by atoms with van der Waals surface area (Å²) >= 11 is 7.27. The average Bonchev–Trinajstić information content (AvgIpc) is 2.60. The summed E-state index contributed by atoms with van der Waals surface area (Å²) in [4.78, 5) is 11.9. The lowest BCUT2D eigenvalue weighted by atomic mass is 10.3. The quantitative estimate of drug-likeness (QED) is 0.623. The van der Waals surface area contributed by atoms with Gasteiger partial charge in [-0.25, -0.2) is 0 Å². The number of nitrogens with one attached hydrogen (secondary N) is 1. The Morgan fingerprint density at radius 3 is 3.00 bits per heavy atom. The number of carbonyl (C=O) groups excluding carboxylic acids is 1. The molecule has 0 saturated carbocycles. The van der Waals surface area contributed by atoms with Gasteiger partial charge in [-0.3, -0.25) is 4.79 Å². The number of hydrogen-bond donors (Lipinski definition) is 1. The zero-order valence-electron chi connectivity index (χ0n) is 7.72. The molecular weight excluding hydrogens is 377 g/mol. The molecule has 0 saturated heterocycles. The number of carbonyl (C=O) groups is 1. The molecule has 1 N–H and O–H groups in total. The normalized spacial score (nSPS) is 12.5. The highest BCUT2D eigenvalue weighted by Gasteiger charge is 2.08. The molecule has 1 aromatic heterocycles. The van der Waals surface area contributed by atoms with E-state index in [9.17, 15) is 4.79 Å². The summed E-state index contributed by atoms with van der Waals surface area (Å²) in [6.07, 6.45) is 1.02. The maximum atomic E-state index is 11.5. The maximum absolute atomic E-state index is 11.5. The molecule has 2 nitrogen and oxygen atoms in total. The van der Waals surface area contributed by atoms with Gasteiger partial charge in [-0.15, -0.1) is 11.3 Å². The van der Waals surface area contributed by atoms with Crippen molar-refractivity contribution in [2.75, 3.05) is 6.54 Å². The van der Waals surface area contributed by atoms with Crippen molar-refractivity contribution in [1.82, 2.24) is 5.32 Å². The molecule has 0 aromatic carbocycles. The molecule has 0 aliphatic rings. The van der Waals surface area contributed by atoms with Crippen LogP contribution in [0.3, 0.4) is 0 Å². The second-order valence-electron chi connectivity index (χ2n) is 2.86. The minimum absolute atomic E-state index is 0.0158. The van der Waals surface area contributed by atoms with E-state index in [1.54, 1.807) is 11.3 Å². The van der Waals surface area contributed by atoms with Crippen LogP contribution in [0.5, 0.6) is 0 Å². The van der Waals surface area contributed by atoms with Crippen molar-refractivity contribution in [1.29, 1.82) is 0 Å². The van der Waals surface area contributed by atoms with Crippen LogP contribution in [0.15, 0.2) is 11.4 Å². The summed E-state index contributed by atoms with van der Waals surface area (Å²) in [5.74, 6) is 0.0158. The Kier molecular flexibility index (Phi) is 5.40. The van der Waals surface area contributed by atoms with Gasteiger partial charge in [0.2, 0.25) is 0 Å². The number of halogens is 2. The lowest BCUT2D eigenvalue weighted by molar-refractivity contribution is 0.0954. The summed E-state index contributed by atoms with van der Waals surface area (Å²) in [5, 5.41) is 4.76. The molecule has 0 aliphatic carbocycles. The molecule has 0 bridgehead atoms. The van der Waals surface area contributed by atoms with Gasteiger partial charge in [0.1, 0.15) is 0 Å². The van der Waals surface area contributed by atoms with Crippen LogP contribution in [-0.4, -0.2) is 17.3 Å². The second-order valence-corrected chi connectivity index (χ2v) is 6.96. The molecule has 0 radical (unpaired) electrons. The second kappa shape index (κ2) is 6.07. The number of amides is 1. The van der Waals surface area contributed by atoms with Crippen LogP contribution in [0.1, 0.15) is 23.7 Å². The maximum Gasteiger partial charge on any atom is 0.252 e. The van der Waals surface area contributed by atoms with Gasteiger partial charge in [0.25, 0.3) is 5.91 Å². The Bertz CT molecular complexity index is 316. The highest BCUT2D eigenvalue weighted by molar-refractivity contribution is 14.1. The Hall–Kier alpha value is 0.380. The number of thiophene rings is 1. The van der Waals surface area contributed by atoms with Gasteiger partial charge in [0.15, 0.2) is 0 Å². The van der Waals surface area contributed by atoms with E-state index in [1.165, 1.54) is 0 Å². The lowest BCUT2D eigenvalue weighted by Gasteiger charge is -2.07. The van der Waals surface area contributed by atoms with Crippen molar-refractivity contribution in [3.05, 3.63) is 19.9 Å². The third-order valence-corrected chi connectivity index (χ3v) is 4.52. The predicted octanol–water partition coefficient (Wildman–Crippen LogP) is 3.26. The molecule has 14 heavy (non-hydrogen) atoms. The van der Waals surface area contributed by atoms with Crippen molar-refractivity contribution in [3.63, 3.8) is 0 Å². The van der Waals surface area contributed by atoms with Crippen molar-refractivity contribution < 1.29 is 4.79 Å². The molecule has 0 aliphatic heterocycles. The number of rotatable bonds is 4. The molecule has 0 fully saturated rings. The van der Waals surface area contributed by atoms with Crippen LogP contribution in [-0.2, 0) is 0 Å². The minimum Gasteiger partial charge on any atom is -0.351 e. The average molecular weight is 388 g/mol. The fourth-order valence-corrected chi connectivity index (χ4v) is 2.37. The van der Waals surface area contributed by atoms with Crippen molar-refractivity contribution in [2.45, 2.75) is 18.2 Å². The predicted molar refractivity (Wildman–Crippen MR) is 72.4 cm³/mol. The number of alkyl halides is 1. The van der Waals surface area contributed by atoms with Gasteiger partial charge in [-0.1, -0.05) is 22.9 Å². The van der Waals surface area contributed by atoms with Crippen LogP contribution in [0.2, 0.25) is 0 Å². The van der Waals surface area contributed by atoms with Crippen LogP contribution >= 0.6 is 49.9 Å². The zero-order valence-corrected chi connectivity index (χ0v) is 12.3. The van der Waals surface area contributed by atoms with E-state index >= 15 is 0 Å². The van der Waals surface area contributed by atoms with Gasteiger partial charge < -0.3 is 5.32 Å². The Morgan fingerprint density at radius 1 is 1.79 bits per heavy atom. The van der Waals surface area contributed by atoms with Gasteiger partial charge in [0.05, 0.1) is 8.45 Å². The lowest BCUT2D eigenvalue weighted by Crippen LogP contribution is -2.28. The smallest absolute Gasteiger partial charge is 0.252 e. The topological polar surface area (TPSA) is 29.1 Å². The standard InChI is InChI=1S/C9H11BrINOS/c1-2-7(10)4-12-9(13)6-3-8(11)14-5-6/h3,5,7H,2,4H2,1H3,(H,12,13). The SMILES string of the molecule is CCC(Br)CNC(=O)c1csc(I)c1. The molecule has 1 rings (SSSR count). The van der Waals surface area contributed by atoms with Crippen molar-refractivity contribution in [3.8, 4) is 0 Å². The first kappa shape index (κ1) is 12.4. The van der Waals surface area contributed by atoms with E-state index < -0.39 is 0 Å². The van der Waals surface area contributed by atoms with Gasteiger partial charge in [0, 0.05) is 16.8 Å². The van der Waals surface area contributed by atoms with E-state index in [-0.39, 0.29) is 5.91 Å². The Labute approximate surface area is 110 Å². The van der Waals surface area contributed by atoms with Crippen molar-refractivity contribution >= 4 is 55.8 Å². The van der Waals surface area contributed by atoms with E-state index in [0.717, 1.165) is 14.9 Å². The highest BCUT2D eigenvalue weighted by atomic mass is 127. The van der Waals surface area contributed by atoms with Gasteiger partial charge >= 0.3 is 0 Å². The van der Waals surface area contributed by atoms with Crippen LogP contribution in [0, 0.1) is 2.88 Å². The molecular formula is C9H11BrINOS. The van der Waals surface area contributed by atoms with Crippen LogP contribution in [0.4, 0.5) is 0 Å². The molecule has 1 atom stereocenters. The first-order valence-corrected chi connectivity index (χ1v) is 7.17. The fourth-order valence-electron chi connectivity index (χ4n) is 0.879. The molecule has 0 spiro atoms. The van der Waals surface area contributed by atoms with E-state index in [4.69, 9.17) is 0 Å². The summed E-state index contributed by atoms with van der Waals surface area (Å²) in [6, 6.07) is 1.90. The third kappa shape index (κ3) is 3.86. The van der Waals surface area contributed by atoms with E-state index in [1.807, 2.05) is 11.4 Å². The van der Waals surface area contributed by atoms with Crippen LogP contribution in [0.25, 0.3) is 0 Å². The highest BCUT2D eigenvalue weighted by Crippen LogP contribution is 2.16. The molecule has 78 valence electrons. The monoisotopic (exact) mass is 387 g/mol. The summed E-state index contributed by atoms with van der Waals surface area (Å²) < 4.78 is 1.14. The van der Waals surface area contributed by atoms with Gasteiger partial charge in [-0.2, -0.15) is 0 Å². The largest absolute Gasteiger partial charge is 0.351 e. The molecule has 1 aromatic rings. The Balaban J connectivity index is 2.43. The minimum atomic E-state index is 0.0158. The molecule has 5 heteroatoms.